The minimum absolute atomic E-state index is 0.227. The number of hydrazine groups is 1. The topological polar surface area (TPSA) is 84.0 Å². The van der Waals surface area contributed by atoms with Gasteiger partial charge in [0.05, 0.1) is 11.2 Å². The molecule has 6 nitrogen and oxygen atoms in total. The van der Waals surface area contributed by atoms with Crippen LogP contribution in [0.1, 0.15) is 25.9 Å². The highest BCUT2D eigenvalue weighted by Crippen LogP contribution is 2.27. The molecule has 0 fully saturated rings. The molecule has 138 valence electrons. The summed E-state index contributed by atoms with van der Waals surface area (Å²) in [4.78, 5) is 34.0. The first kappa shape index (κ1) is 17.8. The van der Waals surface area contributed by atoms with E-state index < -0.39 is 11.8 Å². The number of nitrogens with zero attached hydrogens (tertiary/aromatic N) is 2. The minimum Gasteiger partial charge on any atom is -0.266 e. The van der Waals surface area contributed by atoms with Crippen LogP contribution in [0.3, 0.4) is 0 Å². The van der Waals surface area contributed by atoms with E-state index >= 15 is 0 Å². The molecule has 0 saturated carbocycles. The van der Waals surface area contributed by atoms with Gasteiger partial charge in [-0.2, -0.15) is 0 Å². The third-order valence-electron chi connectivity index (χ3n) is 4.14. The Balaban J connectivity index is 1.46. The van der Waals surface area contributed by atoms with Gasteiger partial charge in [-0.3, -0.25) is 20.4 Å². The van der Waals surface area contributed by atoms with Crippen molar-refractivity contribution >= 4 is 34.1 Å². The number of para-hydroxylation sites is 1. The van der Waals surface area contributed by atoms with Crippen LogP contribution in [0.4, 0.5) is 0 Å². The molecule has 0 unspecified atom stereocenters. The lowest BCUT2D eigenvalue weighted by Gasteiger charge is -2.07. The number of rotatable bonds is 3. The van der Waals surface area contributed by atoms with Crippen molar-refractivity contribution < 1.29 is 9.59 Å². The molecule has 0 aliphatic carbocycles. The molecule has 0 aliphatic heterocycles. The molecule has 7 heteroatoms. The van der Waals surface area contributed by atoms with E-state index in [0.29, 0.717) is 16.1 Å². The van der Waals surface area contributed by atoms with Gasteiger partial charge in [0, 0.05) is 10.9 Å². The predicted octanol–water partition coefficient (Wildman–Crippen LogP) is 3.74. The van der Waals surface area contributed by atoms with E-state index in [1.807, 2.05) is 60.7 Å². The smallest absolute Gasteiger partial charge is 0.266 e. The standard InChI is InChI=1S/C21H16N4O2S/c1-13-18(28-21(22-13)15-8-3-2-4-9-15)20(27)25-24-19(26)17-12-11-14-7-5-6-10-16(14)23-17/h2-12H,1H3,(H,24,26)(H,25,27). The third kappa shape index (κ3) is 3.60. The van der Waals surface area contributed by atoms with Gasteiger partial charge in [0.2, 0.25) is 0 Å². The van der Waals surface area contributed by atoms with E-state index in [0.717, 1.165) is 16.0 Å². The number of aromatic nitrogens is 2. The van der Waals surface area contributed by atoms with E-state index in [-0.39, 0.29) is 5.69 Å². The van der Waals surface area contributed by atoms with Gasteiger partial charge in [-0.05, 0) is 19.1 Å². The first-order valence-corrected chi connectivity index (χ1v) is 9.43. The van der Waals surface area contributed by atoms with Crippen molar-refractivity contribution in [1.82, 2.24) is 20.8 Å². The van der Waals surface area contributed by atoms with Crippen LogP contribution < -0.4 is 10.9 Å². The fourth-order valence-corrected chi connectivity index (χ4v) is 3.71. The van der Waals surface area contributed by atoms with Crippen molar-refractivity contribution in [1.29, 1.82) is 0 Å². The molecule has 2 heterocycles. The molecule has 2 aromatic heterocycles. The van der Waals surface area contributed by atoms with E-state index in [9.17, 15) is 9.59 Å². The van der Waals surface area contributed by atoms with Gasteiger partial charge in [-0.1, -0.05) is 54.6 Å². The number of benzene rings is 2. The maximum absolute atomic E-state index is 12.5. The molecule has 0 saturated heterocycles. The summed E-state index contributed by atoms with van der Waals surface area (Å²) in [5, 5.41) is 1.70. The summed E-state index contributed by atoms with van der Waals surface area (Å²) in [5.41, 5.74) is 7.35. The number of carbonyl (C=O) groups is 2. The van der Waals surface area contributed by atoms with E-state index in [1.54, 1.807) is 13.0 Å². The molecule has 0 radical (unpaired) electrons. The fourth-order valence-electron chi connectivity index (χ4n) is 2.74. The fraction of sp³-hybridized carbons (Fsp3) is 0.0476. The Morgan fingerprint density at radius 3 is 2.36 bits per heavy atom. The lowest BCUT2D eigenvalue weighted by atomic mass is 10.2. The van der Waals surface area contributed by atoms with Crippen molar-refractivity contribution in [3.8, 4) is 10.6 Å². The average molecular weight is 388 g/mol. The second-order valence-electron chi connectivity index (χ2n) is 6.10. The minimum atomic E-state index is -0.482. The van der Waals surface area contributed by atoms with Crippen LogP contribution >= 0.6 is 11.3 Å². The summed E-state index contributed by atoms with van der Waals surface area (Å²) in [5.74, 6) is -0.893. The maximum Gasteiger partial charge on any atom is 0.288 e. The van der Waals surface area contributed by atoms with Crippen molar-refractivity contribution in [2.45, 2.75) is 6.92 Å². The van der Waals surface area contributed by atoms with Crippen LogP contribution in [-0.4, -0.2) is 21.8 Å². The quantitative estimate of drug-likeness (QED) is 0.524. The lowest BCUT2D eigenvalue weighted by molar-refractivity contribution is 0.0846. The van der Waals surface area contributed by atoms with E-state index in [2.05, 4.69) is 20.8 Å². The third-order valence-corrected chi connectivity index (χ3v) is 5.35. The van der Waals surface area contributed by atoms with Gasteiger partial charge in [-0.25, -0.2) is 9.97 Å². The molecular weight excluding hydrogens is 372 g/mol. The Bertz CT molecular complexity index is 1170. The second-order valence-corrected chi connectivity index (χ2v) is 7.10. The van der Waals surface area contributed by atoms with Gasteiger partial charge < -0.3 is 0 Å². The van der Waals surface area contributed by atoms with Gasteiger partial charge in [-0.15, -0.1) is 11.3 Å². The van der Waals surface area contributed by atoms with Crippen molar-refractivity contribution in [2.24, 2.45) is 0 Å². The molecular formula is C21H16N4O2S. The Labute approximate surface area is 165 Å². The SMILES string of the molecule is Cc1nc(-c2ccccc2)sc1C(=O)NNC(=O)c1ccc2ccccc2n1. The van der Waals surface area contributed by atoms with Crippen LogP contribution in [0.2, 0.25) is 0 Å². The van der Waals surface area contributed by atoms with Gasteiger partial charge in [0.15, 0.2) is 0 Å². The highest BCUT2D eigenvalue weighted by molar-refractivity contribution is 7.17. The number of fused-ring (bicyclic) bond motifs is 1. The summed E-state index contributed by atoms with van der Waals surface area (Å²) < 4.78 is 0. The molecule has 2 N–H and O–H groups in total. The molecule has 0 aliphatic rings. The summed E-state index contributed by atoms with van der Waals surface area (Å²) in [7, 11) is 0. The summed E-state index contributed by atoms with van der Waals surface area (Å²) in [6.45, 7) is 1.77. The van der Waals surface area contributed by atoms with E-state index in [1.165, 1.54) is 11.3 Å². The molecule has 0 atom stereocenters. The molecule has 2 aromatic carbocycles. The number of hydrogen-bond acceptors (Lipinski definition) is 5. The lowest BCUT2D eigenvalue weighted by Crippen LogP contribution is -2.41. The van der Waals surface area contributed by atoms with Crippen LogP contribution in [-0.2, 0) is 0 Å². The highest BCUT2D eigenvalue weighted by Gasteiger charge is 2.17. The molecule has 4 rings (SSSR count). The van der Waals surface area contributed by atoms with Crippen LogP contribution in [0, 0.1) is 6.92 Å². The first-order valence-electron chi connectivity index (χ1n) is 8.61. The van der Waals surface area contributed by atoms with Gasteiger partial charge >= 0.3 is 0 Å². The first-order chi connectivity index (χ1) is 13.6. The summed E-state index contributed by atoms with van der Waals surface area (Å²) in [6, 6.07) is 20.6. The largest absolute Gasteiger partial charge is 0.288 e. The van der Waals surface area contributed by atoms with Gasteiger partial charge in [0.25, 0.3) is 11.8 Å². The number of aryl methyl sites for hydroxylation is 1. The predicted molar refractivity (Wildman–Crippen MR) is 109 cm³/mol. The summed E-state index contributed by atoms with van der Waals surface area (Å²) in [6.07, 6.45) is 0. The van der Waals surface area contributed by atoms with Crippen molar-refractivity contribution in [3.63, 3.8) is 0 Å². The Kier molecular flexibility index (Phi) is 4.82. The monoisotopic (exact) mass is 388 g/mol. The number of thiazole rings is 1. The number of carbonyl (C=O) groups excluding carboxylic acids is 2. The second kappa shape index (κ2) is 7.58. The highest BCUT2D eigenvalue weighted by atomic mass is 32.1. The Hall–Kier alpha value is -3.58. The number of nitrogens with one attached hydrogen (secondary N) is 2. The zero-order valence-electron chi connectivity index (χ0n) is 15.0. The Morgan fingerprint density at radius 1 is 0.821 bits per heavy atom. The molecule has 4 aromatic rings. The number of pyridine rings is 1. The maximum atomic E-state index is 12.5. The van der Waals surface area contributed by atoms with E-state index in [4.69, 9.17) is 0 Å². The average Bonchev–Trinajstić information content (AvgIpc) is 3.14. The zero-order valence-corrected chi connectivity index (χ0v) is 15.8. The number of amides is 2. The normalized spacial score (nSPS) is 10.6. The van der Waals surface area contributed by atoms with Crippen molar-refractivity contribution in [2.75, 3.05) is 0 Å². The Morgan fingerprint density at radius 2 is 1.54 bits per heavy atom. The van der Waals surface area contributed by atoms with Gasteiger partial charge in [0.1, 0.15) is 15.6 Å². The zero-order chi connectivity index (χ0) is 19.5. The summed E-state index contributed by atoms with van der Waals surface area (Å²) >= 11 is 1.28. The molecule has 0 bridgehead atoms. The molecule has 0 spiro atoms. The van der Waals surface area contributed by atoms with Crippen LogP contribution in [0.15, 0.2) is 66.7 Å². The van der Waals surface area contributed by atoms with Crippen LogP contribution in [0.25, 0.3) is 21.5 Å². The number of hydrogen-bond donors (Lipinski definition) is 2. The van der Waals surface area contributed by atoms with Crippen molar-refractivity contribution in [3.05, 3.63) is 83.0 Å². The molecule has 28 heavy (non-hydrogen) atoms. The van der Waals surface area contributed by atoms with Crippen LogP contribution in [0.5, 0.6) is 0 Å². The molecule has 2 amide bonds.